The van der Waals surface area contributed by atoms with Crippen molar-refractivity contribution in [2.24, 2.45) is 0 Å². The molecule has 2 fully saturated rings. The van der Waals surface area contributed by atoms with Crippen LogP contribution in [0.2, 0.25) is 0 Å². The van der Waals surface area contributed by atoms with Crippen molar-refractivity contribution in [3.05, 3.63) is 143 Å². The van der Waals surface area contributed by atoms with Crippen LogP contribution in [-0.2, 0) is 11.3 Å². The van der Waals surface area contributed by atoms with E-state index >= 15 is 0 Å². The molecule has 1 amide bonds. The lowest BCUT2D eigenvalue weighted by Crippen LogP contribution is -2.54. The molecule has 4 aromatic carbocycles. The summed E-state index contributed by atoms with van der Waals surface area (Å²) in [4.78, 5) is 20.8. The molecule has 2 aliphatic rings. The smallest absolute Gasteiger partial charge is 0.240 e. The number of likely N-dealkylation sites (tertiary alicyclic amines) is 1. The molecule has 0 aromatic heterocycles. The monoisotopic (exact) mass is 551 g/mol. The Morgan fingerprint density at radius 1 is 0.683 bits per heavy atom. The number of halogens is 2. The van der Waals surface area contributed by atoms with Crippen molar-refractivity contribution < 1.29 is 13.6 Å². The zero-order valence-corrected chi connectivity index (χ0v) is 23.1. The Bertz CT molecular complexity index is 1380. The van der Waals surface area contributed by atoms with Gasteiger partial charge in [0.25, 0.3) is 0 Å². The van der Waals surface area contributed by atoms with E-state index < -0.39 is 0 Å². The van der Waals surface area contributed by atoms with Crippen molar-refractivity contribution in [2.75, 3.05) is 26.2 Å². The van der Waals surface area contributed by atoms with Crippen molar-refractivity contribution >= 4 is 5.91 Å². The van der Waals surface area contributed by atoms with Crippen molar-refractivity contribution in [3.63, 3.8) is 0 Å². The highest BCUT2D eigenvalue weighted by molar-refractivity contribution is 5.82. The first-order valence-electron chi connectivity index (χ1n) is 14.5. The highest BCUT2D eigenvalue weighted by Crippen LogP contribution is 2.38. The molecule has 2 saturated heterocycles. The van der Waals surface area contributed by atoms with Gasteiger partial charge in [-0.2, -0.15) is 0 Å². The standard InChI is InChI=1S/C35H35F2N3O/c36-30-15-11-28(12-16-30)34(29-13-17-31(37)18-14-29)38-21-23-39(24-22-38)35(41)33-20-19-32(27-9-5-2-6-10-27)40(33)25-26-7-3-1-4-8-26/h1-18,32-34H,19-25H2/t32?,33-/m0/s1. The fraction of sp³-hybridized carbons (Fsp3) is 0.286. The van der Waals surface area contributed by atoms with Crippen LogP contribution in [0.15, 0.2) is 109 Å². The Morgan fingerprint density at radius 3 is 1.78 bits per heavy atom. The highest BCUT2D eigenvalue weighted by Gasteiger charge is 2.41. The van der Waals surface area contributed by atoms with E-state index in [1.165, 1.54) is 35.4 Å². The average Bonchev–Trinajstić information content (AvgIpc) is 3.43. The molecule has 4 aromatic rings. The molecule has 2 atom stereocenters. The maximum Gasteiger partial charge on any atom is 0.240 e. The van der Waals surface area contributed by atoms with Crippen LogP contribution in [0, 0.1) is 11.6 Å². The average molecular weight is 552 g/mol. The van der Waals surface area contributed by atoms with Crippen molar-refractivity contribution in [3.8, 4) is 0 Å². The van der Waals surface area contributed by atoms with Gasteiger partial charge in [-0.1, -0.05) is 84.9 Å². The SMILES string of the molecule is O=C([C@@H]1CCC(c2ccccc2)N1Cc1ccccc1)N1CCN(C(c2ccc(F)cc2)c2ccc(F)cc2)CC1. The number of amides is 1. The van der Waals surface area contributed by atoms with E-state index in [-0.39, 0.29) is 35.7 Å². The molecule has 2 heterocycles. The van der Waals surface area contributed by atoms with Gasteiger partial charge in [-0.05, 0) is 59.4 Å². The third-order valence-electron chi connectivity index (χ3n) is 8.55. The number of nitrogens with zero attached hydrogens (tertiary/aromatic N) is 3. The van der Waals surface area contributed by atoms with Crippen molar-refractivity contribution in [1.82, 2.24) is 14.7 Å². The van der Waals surface area contributed by atoms with Crippen LogP contribution >= 0.6 is 0 Å². The molecule has 0 saturated carbocycles. The lowest BCUT2D eigenvalue weighted by molar-refractivity contribution is -0.138. The zero-order valence-electron chi connectivity index (χ0n) is 23.1. The molecule has 210 valence electrons. The van der Waals surface area contributed by atoms with E-state index in [0.29, 0.717) is 26.2 Å². The van der Waals surface area contributed by atoms with Gasteiger partial charge >= 0.3 is 0 Å². The molecule has 0 bridgehead atoms. The Kier molecular flexibility index (Phi) is 8.21. The maximum atomic E-state index is 14.1. The van der Waals surface area contributed by atoms with Gasteiger partial charge in [0.15, 0.2) is 0 Å². The zero-order chi connectivity index (χ0) is 28.2. The lowest BCUT2D eigenvalue weighted by Gasteiger charge is -2.41. The Labute approximate surface area is 240 Å². The van der Waals surface area contributed by atoms with Gasteiger partial charge in [0.1, 0.15) is 11.6 Å². The molecule has 0 radical (unpaired) electrons. The first kappa shape index (κ1) is 27.3. The predicted molar refractivity (Wildman–Crippen MR) is 157 cm³/mol. The Hall–Kier alpha value is -3.87. The summed E-state index contributed by atoms with van der Waals surface area (Å²) in [6.45, 7) is 3.32. The topological polar surface area (TPSA) is 26.8 Å². The third-order valence-corrected chi connectivity index (χ3v) is 8.55. The Morgan fingerprint density at radius 2 is 1.22 bits per heavy atom. The second kappa shape index (κ2) is 12.3. The van der Waals surface area contributed by atoms with E-state index in [1.54, 1.807) is 24.3 Å². The summed E-state index contributed by atoms with van der Waals surface area (Å²) in [6.07, 6.45) is 1.78. The number of piperazine rings is 1. The van der Waals surface area contributed by atoms with E-state index in [2.05, 4.69) is 58.3 Å². The molecule has 1 unspecified atom stereocenters. The van der Waals surface area contributed by atoms with Crippen LogP contribution in [-0.4, -0.2) is 52.8 Å². The van der Waals surface area contributed by atoms with E-state index in [0.717, 1.165) is 30.5 Å². The minimum absolute atomic E-state index is 0.142. The van der Waals surface area contributed by atoms with Crippen LogP contribution in [0.5, 0.6) is 0 Å². The number of rotatable bonds is 7. The van der Waals surface area contributed by atoms with Crippen molar-refractivity contribution in [2.45, 2.75) is 37.5 Å². The summed E-state index contributed by atoms with van der Waals surface area (Å²) in [7, 11) is 0. The van der Waals surface area contributed by atoms with Crippen molar-refractivity contribution in [1.29, 1.82) is 0 Å². The predicted octanol–water partition coefficient (Wildman–Crippen LogP) is 6.60. The van der Waals surface area contributed by atoms with Crippen LogP contribution in [0.1, 0.15) is 47.2 Å². The number of benzene rings is 4. The van der Waals surface area contributed by atoms with Gasteiger partial charge in [-0.25, -0.2) is 8.78 Å². The second-order valence-corrected chi connectivity index (χ2v) is 11.0. The largest absolute Gasteiger partial charge is 0.339 e. The van der Waals surface area contributed by atoms with Gasteiger partial charge in [0, 0.05) is 38.8 Å². The molecule has 41 heavy (non-hydrogen) atoms. The third kappa shape index (κ3) is 6.09. The van der Waals surface area contributed by atoms with E-state index in [4.69, 9.17) is 0 Å². The minimum atomic E-state index is -0.285. The molecule has 6 rings (SSSR count). The molecule has 0 N–H and O–H groups in total. The normalized spacial score (nSPS) is 20.0. The maximum absolute atomic E-state index is 14.1. The number of carbonyl (C=O) groups excluding carboxylic acids is 1. The fourth-order valence-electron chi connectivity index (χ4n) is 6.49. The number of hydrogen-bond acceptors (Lipinski definition) is 3. The molecule has 6 heteroatoms. The van der Waals surface area contributed by atoms with E-state index in [1.807, 2.05) is 17.0 Å². The molecular weight excluding hydrogens is 516 g/mol. The summed E-state index contributed by atoms with van der Waals surface area (Å²) in [5.74, 6) is -0.376. The summed E-state index contributed by atoms with van der Waals surface area (Å²) in [5.41, 5.74) is 4.37. The van der Waals surface area contributed by atoms with Gasteiger partial charge in [-0.15, -0.1) is 0 Å². The quantitative estimate of drug-likeness (QED) is 0.259. The fourth-order valence-corrected chi connectivity index (χ4v) is 6.49. The molecule has 0 spiro atoms. The van der Waals surface area contributed by atoms with Crippen LogP contribution in [0.25, 0.3) is 0 Å². The van der Waals surface area contributed by atoms with Gasteiger partial charge in [0.2, 0.25) is 5.91 Å². The first-order chi connectivity index (χ1) is 20.1. The summed E-state index contributed by atoms with van der Waals surface area (Å²) >= 11 is 0. The van der Waals surface area contributed by atoms with Gasteiger partial charge in [0.05, 0.1) is 12.1 Å². The molecule has 4 nitrogen and oxygen atoms in total. The molecular formula is C35H35F2N3O. The van der Waals surface area contributed by atoms with Crippen LogP contribution in [0.3, 0.4) is 0 Å². The number of carbonyl (C=O) groups is 1. The van der Waals surface area contributed by atoms with E-state index in [9.17, 15) is 13.6 Å². The van der Waals surface area contributed by atoms with Crippen LogP contribution < -0.4 is 0 Å². The van der Waals surface area contributed by atoms with Crippen LogP contribution in [0.4, 0.5) is 8.78 Å². The minimum Gasteiger partial charge on any atom is -0.339 e. The Balaban J connectivity index is 1.19. The van der Waals surface area contributed by atoms with Gasteiger partial charge in [-0.3, -0.25) is 14.6 Å². The molecule has 0 aliphatic carbocycles. The second-order valence-electron chi connectivity index (χ2n) is 11.0. The summed E-state index contributed by atoms with van der Waals surface area (Å²) in [6, 6.07) is 33.9. The highest BCUT2D eigenvalue weighted by atomic mass is 19.1. The molecule has 2 aliphatic heterocycles. The van der Waals surface area contributed by atoms with Gasteiger partial charge < -0.3 is 4.90 Å². The lowest BCUT2D eigenvalue weighted by atomic mass is 9.96. The number of hydrogen-bond donors (Lipinski definition) is 0. The summed E-state index contributed by atoms with van der Waals surface area (Å²) in [5, 5.41) is 0. The summed E-state index contributed by atoms with van der Waals surface area (Å²) < 4.78 is 27.5. The first-order valence-corrected chi connectivity index (χ1v) is 14.5.